The van der Waals surface area contributed by atoms with Crippen LogP contribution in [0.5, 0.6) is 0 Å². The van der Waals surface area contributed by atoms with Gasteiger partial charge in [-0.15, -0.1) is 11.8 Å². The molecule has 0 unspecified atom stereocenters. The zero-order valence-electron chi connectivity index (χ0n) is 9.98. The smallest absolute Gasteiger partial charge is 0.0517 e. The Balaban J connectivity index is 1.97. The Bertz CT molecular complexity index is 453. The SMILES string of the molecule is C=C1C=C(CSc2ccc(Cl)cc2)N(C)N1C. The molecule has 0 saturated carbocycles. The number of hydrogen-bond acceptors (Lipinski definition) is 3. The van der Waals surface area contributed by atoms with Gasteiger partial charge in [0.2, 0.25) is 0 Å². The van der Waals surface area contributed by atoms with Gasteiger partial charge in [-0.25, -0.2) is 0 Å². The van der Waals surface area contributed by atoms with Gasteiger partial charge in [0.15, 0.2) is 0 Å². The minimum absolute atomic E-state index is 0.777. The molecule has 1 aromatic carbocycles. The van der Waals surface area contributed by atoms with Crippen molar-refractivity contribution < 1.29 is 0 Å². The molecule has 0 aromatic heterocycles. The van der Waals surface area contributed by atoms with Gasteiger partial charge in [0.25, 0.3) is 0 Å². The van der Waals surface area contributed by atoms with Crippen molar-refractivity contribution in [1.29, 1.82) is 0 Å². The Hall–Kier alpha value is -1.06. The maximum absolute atomic E-state index is 5.85. The molecule has 0 bridgehead atoms. The number of likely N-dealkylation sites (N-methyl/N-ethyl adjacent to an activating group) is 1. The van der Waals surface area contributed by atoms with Crippen molar-refractivity contribution in [3.05, 3.63) is 53.3 Å². The van der Waals surface area contributed by atoms with Crippen molar-refractivity contribution in [1.82, 2.24) is 10.0 Å². The minimum atomic E-state index is 0.777. The highest BCUT2D eigenvalue weighted by atomic mass is 35.5. The van der Waals surface area contributed by atoms with Gasteiger partial charge in [-0.05, 0) is 30.3 Å². The predicted octanol–water partition coefficient (Wildman–Crippen LogP) is 3.62. The Morgan fingerprint density at radius 1 is 1.18 bits per heavy atom. The second-order valence-corrected chi connectivity index (χ2v) is 5.40. The van der Waals surface area contributed by atoms with Crippen LogP contribution in [0.1, 0.15) is 0 Å². The number of halogens is 1. The highest BCUT2D eigenvalue weighted by Gasteiger charge is 2.18. The Morgan fingerprint density at radius 2 is 1.82 bits per heavy atom. The summed E-state index contributed by atoms with van der Waals surface area (Å²) in [6.07, 6.45) is 2.11. The number of rotatable bonds is 3. The van der Waals surface area contributed by atoms with Crippen LogP contribution in [0.4, 0.5) is 0 Å². The first kappa shape index (κ1) is 12.4. The first-order valence-electron chi connectivity index (χ1n) is 5.33. The lowest BCUT2D eigenvalue weighted by Gasteiger charge is -2.26. The third kappa shape index (κ3) is 2.79. The molecule has 1 aliphatic heterocycles. The molecule has 0 N–H and O–H groups in total. The van der Waals surface area contributed by atoms with E-state index in [9.17, 15) is 0 Å². The Kier molecular flexibility index (Phi) is 3.69. The molecule has 1 aliphatic rings. The largest absolute Gasteiger partial charge is 0.292 e. The topological polar surface area (TPSA) is 6.48 Å². The van der Waals surface area contributed by atoms with Crippen molar-refractivity contribution in [2.24, 2.45) is 0 Å². The molecule has 0 atom stereocenters. The standard InChI is InChI=1S/C13H15ClN2S/c1-10-8-12(16(3)15(10)2)9-17-13-6-4-11(14)5-7-13/h4-8H,1,9H2,2-3H3. The van der Waals surface area contributed by atoms with E-state index >= 15 is 0 Å². The van der Waals surface area contributed by atoms with E-state index in [4.69, 9.17) is 11.6 Å². The van der Waals surface area contributed by atoms with E-state index in [1.807, 2.05) is 43.4 Å². The molecule has 0 saturated heterocycles. The number of benzene rings is 1. The zero-order chi connectivity index (χ0) is 12.4. The van der Waals surface area contributed by atoms with Crippen LogP contribution in [-0.4, -0.2) is 29.9 Å². The summed E-state index contributed by atoms with van der Waals surface area (Å²) >= 11 is 7.65. The van der Waals surface area contributed by atoms with Crippen LogP contribution in [0, 0.1) is 0 Å². The van der Waals surface area contributed by atoms with E-state index < -0.39 is 0 Å². The number of nitrogens with zero attached hydrogens (tertiary/aromatic N) is 2. The summed E-state index contributed by atoms with van der Waals surface area (Å²) in [5.41, 5.74) is 2.29. The summed E-state index contributed by atoms with van der Waals surface area (Å²) in [4.78, 5) is 1.23. The molecule has 0 fully saturated rings. The monoisotopic (exact) mass is 266 g/mol. The molecule has 1 heterocycles. The fourth-order valence-corrected chi connectivity index (χ4v) is 2.63. The molecule has 2 rings (SSSR count). The van der Waals surface area contributed by atoms with Crippen LogP contribution < -0.4 is 0 Å². The molecule has 0 aliphatic carbocycles. The third-order valence-corrected chi connectivity index (χ3v) is 4.11. The van der Waals surface area contributed by atoms with Crippen molar-refractivity contribution in [3.8, 4) is 0 Å². The number of hydrogen-bond donors (Lipinski definition) is 0. The van der Waals surface area contributed by atoms with E-state index in [-0.39, 0.29) is 0 Å². The fourth-order valence-electron chi connectivity index (χ4n) is 1.59. The van der Waals surface area contributed by atoms with Crippen molar-refractivity contribution in [3.63, 3.8) is 0 Å². The van der Waals surface area contributed by atoms with Crippen molar-refractivity contribution in [2.45, 2.75) is 4.90 Å². The number of thioether (sulfide) groups is 1. The maximum Gasteiger partial charge on any atom is 0.0517 e. The summed E-state index contributed by atoms with van der Waals surface area (Å²) in [6.45, 7) is 3.98. The summed E-state index contributed by atoms with van der Waals surface area (Å²) in [7, 11) is 4.06. The number of hydrazine groups is 1. The fraction of sp³-hybridized carbons (Fsp3) is 0.231. The van der Waals surface area contributed by atoms with Gasteiger partial charge < -0.3 is 0 Å². The van der Waals surface area contributed by atoms with Crippen LogP contribution in [0.25, 0.3) is 0 Å². The molecule has 17 heavy (non-hydrogen) atoms. The second-order valence-electron chi connectivity index (χ2n) is 3.92. The lowest BCUT2D eigenvalue weighted by Crippen LogP contribution is -2.29. The number of allylic oxidation sites excluding steroid dienone is 1. The van der Waals surface area contributed by atoms with Gasteiger partial charge in [0.1, 0.15) is 0 Å². The summed E-state index contributed by atoms with van der Waals surface area (Å²) in [6, 6.07) is 7.92. The van der Waals surface area contributed by atoms with Crippen LogP contribution in [0.2, 0.25) is 5.02 Å². The molecule has 0 amide bonds. The molecule has 0 radical (unpaired) electrons. The van der Waals surface area contributed by atoms with E-state index in [0.717, 1.165) is 16.5 Å². The lowest BCUT2D eigenvalue weighted by atomic mass is 10.4. The van der Waals surface area contributed by atoms with Crippen LogP contribution in [0.15, 0.2) is 53.2 Å². The quantitative estimate of drug-likeness (QED) is 0.772. The zero-order valence-corrected chi connectivity index (χ0v) is 11.6. The van der Waals surface area contributed by atoms with Crippen LogP contribution >= 0.6 is 23.4 Å². The second kappa shape index (κ2) is 5.07. The summed E-state index contributed by atoms with van der Waals surface area (Å²) in [5, 5.41) is 4.93. The van der Waals surface area contributed by atoms with Gasteiger partial charge in [-0.1, -0.05) is 18.2 Å². The van der Waals surface area contributed by atoms with Crippen LogP contribution in [0.3, 0.4) is 0 Å². The van der Waals surface area contributed by atoms with E-state index in [0.29, 0.717) is 0 Å². The third-order valence-electron chi connectivity index (χ3n) is 2.81. The summed E-state index contributed by atoms with van der Waals surface area (Å²) in [5.74, 6) is 0.932. The van der Waals surface area contributed by atoms with Gasteiger partial charge in [-0.3, -0.25) is 10.0 Å². The normalized spacial score (nSPS) is 15.5. The Labute approximate surface area is 112 Å². The molecule has 2 nitrogen and oxygen atoms in total. The highest BCUT2D eigenvalue weighted by Crippen LogP contribution is 2.27. The molecular weight excluding hydrogens is 252 g/mol. The maximum atomic E-state index is 5.85. The predicted molar refractivity (Wildman–Crippen MR) is 74.9 cm³/mol. The molecule has 90 valence electrons. The molecule has 1 aromatic rings. The highest BCUT2D eigenvalue weighted by molar-refractivity contribution is 7.99. The first-order valence-corrected chi connectivity index (χ1v) is 6.69. The molecular formula is C13H15ClN2S. The molecule has 0 spiro atoms. The van der Waals surface area contributed by atoms with Gasteiger partial charge >= 0.3 is 0 Å². The average Bonchev–Trinajstić information content (AvgIpc) is 2.56. The van der Waals surface area contributed by atoms with Crippen molar-refractivity contribution >= 4 is 23.4 Å². The van der Waals surface area contributed by atoms with Crippen molar-refractivity contribution in [2.75, 3.05) is 19.8 Å². The minimum Gasteiger partial charge on any atom is -0.292 e. The van der Waals surface area contributed by atoms with E-state index in [2.05, 4.69) is 17.7 Å². The van der Waals surface area contributed by atoms with Gasteiger partial charge in [0, 0.05) is 35.5 Å². The van der Waals surface area contributed by atoms with E-state index in [1.54, 1.807) is 11.8 Å². The first-order chi connectivity index (χ1) is 8.08. The van der Waals surface area contributed by atoms with E-state index in [1.165, 1.54) is 10.6 Å². The summed E-state index contributed by atoms with van der Waals surface area (Å²) < 4.78 is 0. The molecule has 4 heteroatoms. The van der Waals surface area contributed by atoms with Crippen LogP contribution in [-0.2, 0) is 0 Å². The van der Waals surface area contributed by atoms with Gasteiger partial charge in [-0.2, -0.15) is 0 Å². The lowest BCUT2D eigenvalue weighted by molar-refractivity contribution is 0.135. The average molecular weight is 267 g/mol. The Morgan fingerprint density at radius 3 is 2.35 bits per heavy atom. The van der Waals surface area contributed by atoms with Gasteiger partial charge in [0.05, 0.1) is 5.70 Å².